The zero-order valence-electron chi connectivity index (χ0n) is 10.1. The molecule has 0 saturated carbocycles. The van der Waals surface area contributed by atoms with Crippen molar-refractivity contribution in [3.8, 4) is 0 Å². The Hall–Kier alpha value is -1.68. The van der Waals surface area contributed by atoms with E-state index in [9.17, 15) is 9.59 Å². The maximum absolute atomic E-state index is 11.6. The van der Waals surface area contributed by atoms with Gasteiger partial charge in [0.15, 0.2) is 0 Å². The number of carbonyl (C=O) groups excluding carboxylic acids is 2. The van der Waals surface area contributed by atoms with Crippen molar-refractivity contribution in [1.82, 2.24) is 0 Å². The Morgan fingerprint density at radius 3 is 1.42 bits per heavy atom. The van der Waals surface area contributed by atoms with Crippen LogP contribution in [0.15, 0.2) is 60.7 Å². The molecule has 2 aromatic carbocycles. The van der Waals surface area contributed by atoms with E-state index in [0.29, 0.717) is 11.1 Å². The van der Waals surface area contributed by atoms with Crippen LogP contribution in [0.1, 0.15) is 20.7 Å². The molecule has 0 aliphatic rings. The molecule has 0 aromatic heterocycles. The van der Waals surface area contributed by atoms with Crippen LogP contribution in [0, 0.1) is 0 Å². The summed E-state index contributed by atoms with van der Waals surface area (Å²) >= 11 is -2.43. The average molecular weight is 443 g/mol. The van der Waals surface area contributed by atoms with Gasteiger partial charge in [0.05, 0.1) is 0 Å². The molecule has 2 rings (SSSR count). The Kier molecular flexibility index (Phi) is 5.09. The summed E-state index contributed by atoms with van der Waals surface area (Å²) in [6.45, 7) is 0. The third kappa shape index (κ3) is 4.17. The quantitative estimate of drug-likeness (QED) is 0.683. The van der Waals surface area contributed by atoms with Crippen molar-refractivity contribution in [2.45, 2.75) is 0 Å². The molecule has 4 nitrogen and oxygen atoms in total. The summed E-state index contributed by atoms with van der Waals surface area (Å²) in [4.78, 5) is 23.2. The van der Waals surface area contributed by atoms with E-state index in [4.69, 9.17) is 5.29 Å². The molecule has 0 spiro atoms. The van der Waals surface area contributed by atoms with Crippen LogP contribution in [-0.4, -0.2) is 11.9 Å². The van der Waals surface area contributed by atoms with Gasteiger partial charge in [0.25, 0.3) is 0 Å². The van der Waals surface area contributed by atoms with Crippen molar-refractivity contribution >= 4 is 11.9 Å². The molecule has 2 aromatic rings. The fourth-order valence-corrected chi connectivity index (χ4v) is 3.81. The monoisotopic (exact) mass is 444 g/mol. The van der Waals surface area contributed by atoms with Gasteiger partial charge in [-0.25, -0.2) is 0 Å². The SMILES string of the molecule is O=C([O][Hg][O]C(=O)c1ccccc1)c1ccccc1. The molecule has 0 heterocycles. The van der Waals surface area contributed by atoms with E-state index in [1.807, 2.05) is 12.1 Å². The molecule has 0 N–H and O–H groups in total. The summed E-state index contributed by atoms with van der Waals surface area (Å²) in [6.07, 6.45) is 0. The normalized spacial score (nSPS) is 9.26. The van der Waals surface area contributed by atoms with Crippen molar-refractivity contribution in [2.75, 3.05) is 0 Å². The first-order chi connectivity index (χ1) is 9.27. The molecular weight excluding hydrogens is 433 g/mol. The van der Waals surface area contributed by atoms with Crippen LogP contribution >= 0.6 is 0 Å². The summed E-state index contributed by atoms with van der Waals surface area (Å²) in [6, 6.07) is 17.3. The van der Waals surface area contributed by atoms with Crippen molar-refractivity contribution in [3.63, 3.8) is 0 Å². The minimum atomic E-state index is -2.43. The van der Waals surface area contributed by atoms with Crippen LogP contribution in [0.3, 0.4) is 0 Å². The van der Waals surface area contributed by atoms with Crippen LogP contribution < -0.4 is 0 Å². The molecule has 5 heteroatoms. The number of rotatable bonds is 4. The van der Waals surface area contributed by atoms with Crippen LogP contribution in [0.5, 0.6) is 0 Å². The molecule has 0 atom stereocenters. The zero-order chi connectivity index (χ0) is 13.5. The topological polar surface area (TPSA) is 52.6 Å². The van der Waals surface area contributed by atoms with Gasteiger partial charge in [-0.2, -0.15) is 0 Å². The molecule has 0 aliphatic heterocycles. The Labute approximate surface area is 124 Å². The summed E-state index contributed by atoms with van der Waals surface area (Å²) in [5.74, 6) is -0.855. The van der Waals surface area contributed by atoms with E-state index < -0.39 is 37.4 Å². The third-order valence-electron chi connectivity index (χ3n) is 2.40. The predicted octanol–water partition coefficient (Wildman–Crippen LogP) is 2.61. The maximum atomic E-state index is 11.6. The van der Waals surface area contributed by atoms with Gasteiger partial charge >= 0.3 is 124 Å². The Bertz CT molecular complexity index is 503. The van der Waals surface area contributed by atoms with E-state index in [1.54, 1.807) is 48.5 Å². The van der Waals surface area contributed by atoms with Crippen LogP contribution in [-0.2, 0) is 30.8 Å². The second-order valence-corrected chi connectivity index (χ2v) is 6.87. The van der Waals surface area contributed by atoms with Gasteiger partial charge in [-0.15, -0.1) is 0 Å². The first-order valence-corrected chi connectivity index (χ1v) is 10.2. The Morgan fingerprint density at radius 1 is 0.684 bits per heavy atom. The molecule has 19 heavy (non-hydrogen) atoms. The minimum absolute atomic E-state index is 0.428. The second kappa shape index (κ2) is 7.04. The first kappa shape index (κ1) is 13.7. The number of hydrogen-bond donors (Lipinski definition) is 0. The van der Waals surface area contributed by atoms with Crippen LogP contribution in [0.2, 0.25) is 0 Å². The summed E-state index contributed by atoms with van der Waals surface area (Å²) < 4.78 is 10.1. The van der Waals surface area contributed by atoms with Crippen molar-refractivity contribution in [1.29, 1.82) is 0 Å². The Morgan fingerprint density at radius 2 is 1.05 bits per heavy atom. The standard InChI is InChI=1S/2C7H6O2.Hg/c2*8-7(9)6-4-2-1-3-5-6;/h2*1-5H,(H,8,9);/q;;+2/p-2. The van der Waals surface area contributed by atoms with Gasteiger partial charge in [0.2, 0.25) is 0 Å². The zero-order valence-corrected chi connectivity index (χ0v) is 15.6. The number of benzene rings is 2. The summed E-state index contributed by atoms with van der Waals surface area (Å²) in [5, 5.41) is 0. The molecule has 0 saturated heterocycles. The molecule has 0 fully saturated rings. The summed E-state index contributed by atoms with van der Waals surface area (Å²) in [7, 11) is 0. The van der Waals surface area contributed by atoms with E-state index >= 15 is 0 Å². The fourth-order valence-electron chi connectivity index (χ4n) is 1.45. The predicted molar refractivity (Wildman–Crippen MR) is 63.7 cm³/mol. The van der Waals surface area contributed by atoms with Crippen LogP contribution in [0.4, 0.5) is 0 Å². The molecule has 92 valence electrons. The van der Waals surface area contributed by atoms with Gasteiger partial charge in [-0.3, -0.25) is 0 Å². The van der Waals surface area contributed by atoms with Crippen molar-refractivity contribution in [2.24, 2.45) is 0 Å². The van der Waals surface area contributed by atoms with E-state index in [0.717, 1.165) is 0 Å². The van der Waals surface area contributed by atoms with Gasteiger partial charge < -0.3 is 0 Å². The van der Waals surface area contributed by atoms with Crippen LogP contribution in [0.25, 0.3) is 0 Å². The molecule has 0 amide bonds. The average Bonchev–Trinajstić information content (AvgIpc) is 2.49. The van der Waals surface area contributed by atoms with Gasteiger partial charge in [0, 0.05) is 0 Å². The first-order valence-electron chi connectivity index (χ1n) is 5.72. The van der Waals surface area contributed by atoms with Gasteiger partial charge in [-0.1, -0.05) is 0 Å². The van der Waals surface area contributed by atoms with Gasteiger partial charge in [-0.05, 0) is 0 Å². The van der Waals surface area contributed by atoms with Crippen molar-refractivity contribution < 1.29 is 40.4 Å². The van der Waals surface area contributed by atoms with Gasteiger partial charge in [0.1, 0.15) is 0 Å². The Balaban J connectivity index is 1.81. The molecule has 0 unspecified atom stereocenters. The van der Waals surface area contributed by atoms with E-state index in [-0.39, 0.29) is 0 Å². The molecule has 0 radical (unpaired) electrons. The van der Waals surface area contributed by atoms with E-state index in [2.05, 4.69) is 0 Å². The fraction of sp³-hybridized carbons (Fsp3) is 0. The number of hydrogen-bond acceptors (Lipinski definition) is 4. The van der Waals surface area contributed by atoms with E-state index in [1.165, 1.54) is 0 Å². The molecule has 0 aliphatic carbocycles. The van der Waals surface area contributed by atoms with Crippen molar-refractivity contribution in [3.05, 3.63) is 71.8 Å². The number of carbonyl (C=O) groups is 2. The molecule has 0 bridgehead atoms. The summed E-state index contributed by atoms with van der Waals surface area (Å²) in [5.41, 5.74) is 0.941. The molecular formula is C14H10HgO4. The second-order valence-electron chi connectivity index (χ2n) is 3.71. The third-order valence-corrected chi connectivity index (χ3v) is 5.35.